The number of anilines is 1. The quantitative estimate of drug-likeness (QED) is 0.829. The molecule has 1 unspecified atom stereocenters. The second-order valence-corrected chi connectivity index (χ2v) is 6.48. The number of nitrogens with zero attached hydrogens (tertiary/aromatic N) is 2. The van der Waals surface area contributed by atoms with Crippen molar-refractivity contribution in [3.63, 3.8) is 0 Å². The van der Waals surface area contributed by atoms with Crippen LogP contribution >= 0.6 is 0 Å². The number of amides is 3. The van der Waals surface area contributed by atoms with Crippen LogP contribution in [-0.2, 0) is 9.53 Å². The summed E-state index contributed by atoms with van der Waals surface area (Å²) in [5, 5.41) is 11.7. The normalized spacial score (nSPS) is 15.3. The Bertz CT molecular complexity index is 685. The number of carbonyl (C=O) groups excluding carboxylic acids is 2. The number of nitrogens with one attached hydrogen (secondary N) is 1. The molecule has 1 fully saturated rings. The van der Waals surface area contributed by atoms with E-state index in [0.717, 1.165) is 5.56 Å². The SMILES string of the molecule is Cc1ccc(NC(=O)N(C)CC(C)C(=O)O)cc1C(=O)N1CCOCC1. The Kier molecular flexibility index (Phi) is 6.57. The summed E-state index contributed by atoms with van der Waals surface area (Å²) < 4.78 is 5.27. The molecule has 1 saturated heterocycles. The predicted molar refractivity (Wildman–Crippen MR) is 96.4 cm³/mol. The maximum atomic E-state index is 12.7. The van der Waals surface area contributed by atoms with Crippen molar-refractivity contribution in [2.24, 2.45) is 5.92 Å². The van der Waals surface area contributed by atoms with Gasteiger partial charge in [-0.25, -0.2) is 4.79 Å². The number of benzene rings is 1. The fourth-order valence-corrected chi connectivity index (χ4v) is 2.66. The molecule has 1 heterocycles. The van der Waals surface area contributed by atoms with Gasteiger partial charge in [0.1, 0.15) is 0 Å². The smallest absolute Gasteiger partial charge is 0.321 e. The monoisotopic (exact) mass is 363 g/mol. The summed E-state index contributed by atoms with van der Waals surface area (Å²) in [4.78, 5) is 38.9. The largest absolute Gasteiger partial charge is 0.481 e. The minimum absolute atomic E-state index is 0.0882. The third-order valence-corrected chi connectivity index (χ3v) is 4.33. The van der Waals surface area contributed by atoms with Gasteiger partial charge in [-0.15, -0.1) is 0 Å². The first kappa shape index (κ1) is 19.7. The summed E-state index contributed by atoms with van der Waals surface area (Å²) in [7, 11) is 1.53. The number of hydrogen-bond donors (Lipinski definition) is 2. The second kappa shape index (κ2) is 8.66. The molecule has 8 nitrogen and oxygen atoms in total. The van der Waals surface area contributed by atoms with E-state index in [2.05, 4.69) is 5.32 Å². The average molecular weight is 363 g/mol. The van der Waals surface area contributed by atoms with E-state index >= 15 is 0 Å². The van der Waals surface area contributed by atoms with Gasteiger partial charge in [0, 0.05) is 37.9 Å². The van der Waals surface area contributed by atoms with E-state index in [9.17, 15) is 14.4 Å². The van der Waals surface area contributed by atoms with Crippen LogP contribution < -0.4 is 5.32 Å². The zero-order chi connectivity index (χ0) is 19.3. The lowest BCUT2D eigenvalue weighted by Crippen LogP contribution is -2.41. The Balaban J connectivity index is 2.07. The third-order valence-electron chi connectivity index (χ3n) is 4.33. The minimum Gasteiger partial charge on any atom is -0.481 e. The molecule has 1 aromatic rings. The zero-order valence-electron chi connectivity index (χ0n) is 15.3. The maximum absolute atomic E-state index is 12.7. The lowest BCUT2D eigenvalue weighted by atomic mass is 10.1. The summed E-state index contributed by atoms with van der Waals surface area (Å²) in [5.74, 6) is -1.71. The van der Waals surface area contributed by atoms with E-state index in [1.54, 1.807) is 23.1 Å². The number of ether oxygens (including phenoxy) is 1. The highest BCUT2D eigenvalue weighted by Gasteiger charge is 2.21. The molecule has 2 N–H and O–H groups in total. The van der Waals surface area contributed by atoms with Crippen LogP contribution in [0, 0.1) is 12.8 Å². The number of aryl methyl sites for hydroxylation is 1. The summed E-state index contributed by atoms with van der Waals surface area (Å²) in [5.41, 5.74) is 1.85. The molecule has 3 amide bonds. The Hall–Kier alpha value is -2.61. The molecule has 0 saturated carbocycles. The van der Waals surface area contributed by atoms with Crippen LogP contribution in [-0.4, -0.2) is 72.7 Å². The Morgan fingerprint density at radius 3 is 2.58 bits per heavy atom. The van der Waals surface area contributed by atoms with Crippen LogP contribution in [0.1, 0.15) is 22.8 Å². The first-order chi connectivity index (χ1) is 12.3. The van der Waals surface area contributed by atoms with Gasteiger partial charge in [-0.3, -0.25) is 9.59 Å². The van der Waals surface area contributed by atoms with Crippen molar-refractivity contribution in [1.82, 2.24) is 9.80 Å². The number of morpholine rings is 1. The first-order valence-corrected chi connectivity index (χ1v) is 8.52. The minimum atomic E-state index is -0.960. The summed E-state index contributed by atoms with van der Waals surface area (Å²) in [6.45, 7) is 5.61. The average Bonchev–Trinajstić information content (AvgIpc) is 2.63. The van der Waals surface area contributed by atoms with Gasteiger partial charge < -0.3 is 25.0 Å². The molecule has 0 aliphatic carbocycles. The molecule has 1 aliphatic rings. The first-order valence-electron chi connectivity index (χ1n) is 8.52. The highest BCUT2D eigenvalue weighted by molar-refractivity contribution is 5.98. The standard InChI is InChI=1S/C18H25N3O5/c1-12-4-5-14(19-18(25)20(3)11-13(2)17(23)24)10-15(12)16(22)21-6-8-26-9-7-21/h4-5,10,13H,6-9,11H2,1-3H3,(H,19,25)(H,23,24). The van der Waals surface area contributed by atoms with Gasteiger partial charge in [0.25, 0.3) is 5.91 Å². The van der Waals surface area contributed by atoms with Crippen LogP contribution in [0.4, 0.5) is 10.5 Å². The molecule has 142 valence electrons. The van der Waals surface area contributed by atoms with Gasteiger partial charge in [0.15, 0.2) is 0 Å². The van der Waals surface area contributed by atoms with E-state index in [1.165, 1.54) is 18.9 Å². The van der Waals surface area contributed by atoms with Gasteiger partial charge in [-0.1, -0.05) is 13.0 Å². The van der Waals surface area contributed by atoms with Crippen molar-refractivity contribution in [3.05, 3.63) is 29.3 Å². The molecule has 1 atom stereocenters. The molecule has 1 aromatic carbocycles. The summed E-state index contributed by atoms with van der Waals surface area (Å²) >= 11 is 0. The maximum Gasteiger partial charge on any atom is 0.321 e. The van der Waals surface area contributed by atoms with Crippen molar-refractivity contribution in [2.45, 2.75) is 13.8 Å². The van der Waals surface area contributed by atoms with Crippen molar-refractivity contribution in [1.29, 1.82) is 0 Å². The summed E-state index contributed by atoms with van der Waals surface area (Å²) in [6.07, 6.45) is 0. The van der Waals surface area contributed by atoms with Crippen molar-refractivity contribution >= 4 is 23.6 Å². The van der Waals surface area contributed by atoms with E-state index in [1.807, 2.05) is 6.92 Å². The topological polar surface area (TPSA) is 99.2 Å². The lowest BCUT2D eigenvalue weighted by molar-refractivity contribution is -0.141. The van der Waals surface area contributed by atoms with Crippen LogP contribution in [0.3, 0.4) is 0 Å². The molecule has 0 spiro atoms. The van der Waals surface area contributed by atoms with Crippen LogP contribution in [0.5, 0.6) is 0 Å². The molecule has 1 aliphatic heterocycles. The van der Waals surface area contributed by atoms with E-state index in [-0.39, 0.29) is 12.5 Å². The van der Waals surface area contributed by atoms with E-state index in [4.69, 9.17) is 9.84 Å². The Morgan fingerprint density at radius 1 is 1.31 bits per heavy atom. The number of hydrogen-bond acceptors (Lipinski definition) is 4. The lowest BCUT2D eigenvalue weighted by Gasteiger charge is -2.27. The molecule has 0 radical (unpaired) electrons. The van der Waals surface area contributed by atoms with Crippen LogP contribution in [0.25, 0.3) is 0 Å². The van der Waals surface area contributed by atoms with Crippen molar-refractivity contribution in [3.8, 4) is 0 Å². The van der Waals surface area contributed by atoms with Gasteiger partial charge >= 0.3 is 12.0 Å². The third kappa shape index (κ3) is 4.95. The zero-order valence-corrected chi connectivity index (χ0v) is 15.3. The molecule has 0 aromatic heterocycles. The summed E-state index contributed by atoms with van der Waals surface area (Å²) in [6, 6.07) is 4.73. The van der Waals surface area contributed by atoms with Crippen molar-refractivity contribution in [2.75, 3.05) is 45.2 Å². The highest BCUT2D eigenvalue weighted by atomic mass is 16.5. The Morgan fingerprint density at radius 2 is 1.96 bits per heavy atom. The molecule has 2 rings (SSSR count). The number of carboxylic acid groups (broad SMARTS) is 1. The second-order valence-electron chi connectivity index (χ2n) is 6.48. The number of rotatable bonds is 5. The molecule has 8 heteroatoms. The number of carbonyl (C=O) groups is 3. The van der Waals surface area contributed by atoms with Crippen LogP contribution in [0.15, 0.2) is 18.2 Å². The molecular weight excluding hydrogens is 338 g/mol. The van der Waals surface area contributed by atoms with E-state index < -0.39 is 17.9 Å². The Labute approximate surface area is 152 Å². The van der Waals surface area contributed by atoms with Crippen LogP contribution in [0.2, 0.25) is 0 Å². The van der Waals surface area contributed by atoms with Crippen molar-refractivity contribution < 1.29 is 24.2 Å². The number of carboxylic acids is 1. The van der Waals surface area contributed by atoms with Gasteiger partial charge in [0.2, 0.25) is 0 Å². The fourth-order valence-electron chi connectivity index (χ4n) is 2.66. The fraction of sp³-hybridized carbons (Fsp3) is 0.500. The predicted octanol–water partition coefficient (Wildman–Crippen LogP) is 1.65. The highest BCUT2D eigenvalue weighted by Crippen LogP contribution is 2.18. The number of urea groups is 1. The van der Waals surface area contributed by atoms with Gasteiger partial charge in [-0.05, 0) is 24.6 Å². The van der Waals surface area contributed by atoms with E-state index in [0.29, 0.717) is 37.6 Å². The van der Waals surface area contributed by atoms with Gasteiger partial charge in [-0.2, -0.15) is 0 Å². The molecule has 26 heavy (non-hydrogen) atoms. The molecular formula is C18H25N3O5. The van der Waals surface area contributed by atoms with Gasteiger partial charge in [0.05, 0.1) is 19.1 Å². The number of aliphatic carboxylic acids is 1. The molecule has 0 bridgehead atoms.